The van der Waals surface area contributed by atoms with E-state index in [2.05, 4.69) is 0 Å². The number of hydrogen-bond acceptors (Lipinski definition) is 3. The van der Waals surface area contributed by atoms with Gasteiger partial charge in [-0.3, -0.25) is 0 Å². The number of benzene rings is 2. The van der Waals surface area contributed by atoms with E-state index in [9.17, 15) is 9.59 Å². The molecule has 0 aromatic heterocycles. The van der Waals surface area contributed by atoms with E-state index < -0.39 is 18.0 Å². The zero-order valence-corrected chi connectivity index (χ0v) is 10.9. The first kappa shape index (κ1) is 11.9. The molecule has 0 saturated heterocycles. The number of rotatable bonds is 1. The summed E-state index contributed by atoms with van der Waals surface area (Å²) in [7, 11) is 0. The quantitative estimate of drug-likeness (QED) is 0.643. The number of fused-ring (bicyclic) bond motifs is 2. The minimum absolute atomic E-state index is 0.330. The highest BCUT2D eigenvalue weighted by Gasteiger charge is 2.34. The highest BCUT2D eigenvalue weighted by atomic mass is 16.5. The zero-order valence-electron chi connectivity index (χ0n) is 10.9. The molecule has 21 heavy (non-hydrogen) atoms. The average Bonchev–Trinajstić information content (AvgIpc) is 2.48. The van der Waals surface area contributed by atoms with Gasteiger partial charge in [-0.2, -0.15) is 0 Å². The second-order valence-corrected chi connectivity index (χ2v) is 5.09. The smallest absolute Gasteiger partial charge is 0.346 e. The van der Waals surface area contributed by atoms with Gasteiger partial charge in [-0.15, -0.1) is 0 Å². The topological polar surface area (TPSA) is 63.6 Å². The van der Waals surface area contributed by atoms with Crippen LogP contribution in [-0.2, 0) is 14.3 Å². The van der Waals surface area contributed by atoms with E-state index in [1.807, 2.05) is 42.5 Å². The number of carboxylic acid groups (broad SMARTS) is 1. The molecule has 2 aromatic rings. The number of aliphatic carboxylic acids is 1. The Hall–Kier alpha value is -2.88. The molecule has 1 aliphatic heterocycles. The lowest BCUT2D eigenvalue weighted by Crippen LogP contribution is -2.25. The molecule has 1 atom stereocenters. The van der Waals surface area contributed by atoms with Crippen LogP contribution in [-0.4, -0.2) is 17.0 Å². The number of carbonyl (C=O) groups is 2. The van der Waals surface area contributed by atoms with E-state index in [0.29, 0.717) is 5.57 Å². The number of carboxylic acids is 1. The van der Waals surface area contributed by atoms with Gasteiger partial charge in [0.25, 0.3) is 0 Å². The molecule has 102 valence electrons. The van der Waals surface area contributed by atoms with Gasteiger partial charge in [-0.05, 0) is 34.1 Å². The van der Waals surface area contributed by atoms with Gasteiger partial charge in [0, 0.05) is 5.56 Å². The van der Waals surface area contributed by atoms with Crippen LogP contribution in [0.3, 0.4) is 0 Å². The Balaban J connectivity index is 2.01. The van der Waals surface area contributed by atoms with Gasteiger partial charge in [0.05, 0.1) is 0 Å². The average molecular weight is 278 g/mol. The van der Waals surface area contributed by atoms with Gasteiger partial charge in [0.1, 0.15) is 5.57 Å². The second kappa shape index (κ2) is 4.06. The molecule has 2 aromatic carbocycles. The minimum Gasteiger partial charge on any atom is -0.477 e. The Kier molecular flexibility index (Phi) is 2.30. The number of esters is 1. The highest BCUT2D eigenvalue weighted by molar-refractivity contribution is 6.15. The molecule has 0 fully saturated rings. The van der Waals surface area contributed by atoms with Gasteiger partial charge < -0.3 is 9.84 Å². The van der Waals surface area contributed by atoms with E-state index in [1.54, 1.807) is 0 Å². The maximum Gasteiger partial charge on any atom is 0.346 e. The zero-order chi connectivity index (χ0) is 14.6. The van der Waals surface area contributed by atoms with Crippen molar-refractivity contribution in [3.63, 3.8) is 0 Å². The Morgan fingerprint density at radius 1 is 1.10 bits per heavy atom. The van der Waals surface area contributed by atoms with Crippen LogP contribution in [0.4, 0.5) is 0 Å². The summed E-state index contributed by atoms with van der Waals surface area (Å²) < 4.78 is 5.35. The van der Waals surface area contributed by atoms with E-state index in [1.165, 1.54) is 6.08 Å². The number of ether oxygens (including phenoxy) is 1. The largest absolute Gasteiger partial charge is 0.477 e. The molecule has 1 aliphatic carbocycles. The van der Waals surface area contributed by atoms with Crippen molar-refractivity contribution in [3.05, 3.63) is 64.7 Å². The minimum atomic E-state index is -1.27. The molecular weight excluding hydrogens is 268 g/mol. The molecule has 4 rings (SSSR count). The van der Waals surface area contributed by atoms with Crippen molar-refractivity contribution >= 4 is 28.8 Å². The Morgan fingerprint density at radius 3 is 2.62 bits per heavy atom. The molecule has 0 saturated carbocycles. The predicted molar refractivity (Wildman–Crippen MR) is 76.5 cm³/mol. The summed E-state index contributed by atoms with van der Waals surface area (Å²) >= 11 is 0. The molecule has 1 heterocycles. The lowest BCUT2D eigenvalue weighted by molar-refractivity contribution is -0.148. The molecule has 0 bridgehead atoms. The van der Waals surface area contributed by atoms with Crippen molar-refractivity contribution in [2.24, 2.45) is 0 Å². The van der Waals surface area contributed by atoms with Gasteiger partial charge in [0.15, 0.2) is 6.10 Å². The number of carbonyl (C=O) groups excluding carboxylic acids is 1. The van der Waals surface area contributed by atoms with Crippen molar-refractivity contribution in [1.82, 2.24) is 0 Å². The molecule has 0 spiro atoms. The first-order valence-electron chi connectivity index (χ1n) is 6.54. The molecule has 1 N–H and O–H groups in total. The summed E-state index contributed by atoms with van der Waals surface area (Å²) in [6, 6.07) is 11.8. The van der Waals surface area contributed by atoms with Crippen LogP contribution in [0.15, 0.2) is 53.6 Å². The van der Waals surface area contributed by atoms with Crippen LogP contribution >= 0.6 is 0 Å². The van der Waals surface area contributed by atoms with Crippen LogP contribution in [0.5, 0.6) is 0 Å². The van der Waals surface area contributed by atoms with Gasteiger partial charge in [0.2, 0.25) is 0 Å². The van der Waals surface area contributed by atoms with Gasteiger partial charge >= 0.3 is 11.9 Å². The molecular formula is C17H10O4. The van der Waals surface area contributed by atoms with E-state index in [0.717, 1.165) is 21.9 Å². The van der Waals surface area contributed by atoms with Crippen molar-refractivity contribution in [2.45, 2.75) is 6.10 Å². The maximum atomic E-state index is 11.8. The van der Waals surface area contributed by atoms with Crippen LogP contribution < -0.4 is 0 Å². The fourth-order valence-electron chi connectivity index (χ4n) is 2.97. The second-order valence-electron chi connectivity index (χ2n) is 5.09. The Bertz CT molecular complexity index is 868. The maximum absolute atomic E-state index is 11.8. The van der Waals surface area contributed by atoms with Crippen LogP contribution in [0.1, 0.15) is 17.2 Å². The van der Waals surface area contributed by atoms with E-state index in [4.69, 9.17) is 9.84 Å². The standard InChI is InChI=1S/C17H10O4/c18-16(19)13-8-11-7-10-5-1-3-9-4-2-6-12(14(9)10)15(11)21-17(13)20/h1-8,15H,(H,18,19). The van der Waals surface area contributed by atoms with Crippen LogP contribution in [0.2, 0.25) is 0 Å². The van der Waals surface area contributed by atoms with Crippen molar-refractivity contribution in [1.29, 1.82) is 0 Å². The van der Waals surface area contributed by atoms with Crippen molar-refractivity contribution in [2.75, 3.05) is 0 Å². The third-order valence-electron chi connectivity index (χ3n) is 3.86. The van der Waals surface area contributed by atoms with Crippen molar-refractivity contribution in [3.8, 4) is 0 Å². The van der Waals surface area contributed by atoms with Crippen LogP contribution in [0.25, 0.3) is 16.8 Å². The fraction of sp³-hybridized carbons (Fsp3) is 0.0588. The third-order valence-corrected chi connectivity index (χ3v) is 3.86. The molecule has 4 heteroatoms. The summed E-state index contributed by atoms with van der Waals surface area (Å²) in [4.78, 5) is 22.9. The Morgan fingerprint density at radius 2 is 1.86 bits per heavy atom. The van der Waals surface area contributed by atoms with Gasteiger partial charge in [-0.1, -0.05) is 36.4 Å². The fourth-order valence-corrected chi connectivity index (χ4v) is 2.97. The third kappa shape index (κ3) is 1.62. The summed E-state index contributed by atoms with van der Waals surface area (Å²) in [5.74, 6) is -2.06. The SMILES string of the molecule is O=C(O)C1=CC2=Cc3cccc4cccc(c34)C2OC1=O. The molecule has 0 radical (unpaired) electrons. The van der Waals surface area contributed by atoms with E-state index in [-0.39, 0.29) is 5.57 Å². The van der Waals surface area contributed by atoms with Crippen LogP contribution in [0, 0.1) is 0 Å². The first-order valence-corrected chi connectivity index (χ1v) is 6.54. The first-order chi connectivity index (χ1) is 10.1. The molecule has 1 unspecified atom stereocenters. The lowest BCUT2D eigenvalue weighted by Gasteiger charge is -2.28. The van der Waals surface area contributed by atoms with Gasteiger partial charge in [-0.25, -0.2) is 9.59 Å². The molecule has 2 aliphatic rings. The summed E-state index contributed by atoms with van der Waals surface area (Å²) in [5.41, 5.74) is 2.27. The van der Waals surface area contributed by atoms with E-state index >= 15 is 0 Å². The predicted octanol–water partition coefficient (Wildman–Crippen LogP) is 2.85. The summed E-state index contributed by atoms with van der Waals surface area (Å²) in [5, 5.41) is 11.2. The monoisotopic (exact) mass is 278 g/mol. The highest BCUT2D eigenvalue weighted by Crippen LogP contribution is 2.42. The Labute approximate surface area is 120 Å². The molecule has 0 amide bonds. The molecule has 4 nitrogen and oxygen atoms in total. The summed E-state index contributed by atoms with van der Waals surface area (Å²) in [6.07, 6.45) is 2.77. The lowest BCUT2D eigenvalue weighted by atomic mass is 9.85. The van der Waals surface area contributed by atoms with Crippen molar-refractivity contribution < 1.29 is 19.4 Å². The normalized spacial score (nSPS) is 19.4. The number of hydrogen-bond donors (Lipinski definition) is 1. The summed E-state index contributed by atoms with van der Waals surface area (Å²) in [6.45, 7) is 0.